The normalized spacial score (nSPS) is 17.2. The van der Waals surface area contributed by atoms with Crippen LogP contribution in [0.3, 0.4) is 0 Å². The molecule has 4 rings (SSSR count). The van der Waals surface area contributed by atoms with E-state index in [-0.39, 0.29) is 6.61 Å². The van der Waals surface area contributed by atoms with Crippen molar-refractivity contribution in [1.82, 2.24) is 9.88 Å². The van der Waals surface area contributed by atoms with E-state index in [2.05, 4.69) is 21.7 Å². The molecule has 0 amide bonds. The van der Waals surface area contributed by atoms with Crippen molar-refractivity contribution >= 4 is 34.7 Å². The van der Waals surface area contributed by atoms with Crippen LogP contribution in [0.15, 0.2) is 46.9 Å². The predicted molar refractivity (Wildman–Crippen MR) is 120 cm³/mol. The number of hydrogen-bond acceptors (Lipinski definition) is 6. The topological polar surface area (TPSA) is 79.0 Å². The number of halogens is 1. The van der Waals surface area contributed by atoms with Crippen molar-refractivity contribution in [2.75, 3.05) is 31.1 Å². The van der Waals surface area contributed by atoms with Gasteiger partial charge in [-0.2, -0.15) is 4.98 Å². The maximum Gasteiger partial charge on any atom is 0.341 e. The van der Waals surface area contributed by atoms with E-state index in [0.29, 0.717) is 28.4 Å². The van der Waals surface area contributed by atoms with Gasteiger partial charge < -0.3 is 19.2 Å². The Kier molecular flexibility index (Phi) is 6.63. The Hall–Kier alpha value is -2.77. The molecule has 1 saturated heterocycles. The summed E-state index contributed by atoms with van der Waals surface area (Å²) in [6, 6.07) is 14.1. The molecule has 8 heteroatoms. The van der Waals surface area contributed by atoms with Crippen molar-refractivity contribution in [3.63, 3.8) is 0 Å². The van der Waals surface area contributed by atoms with Gasteiger partial charge in [-0.05, 0) is 36.2 Å². The first kappa shape index (κ1) is 21.5. The minimum Gasteiger partial charge on any atom is -0.482 e. The molecule has 1 aliphatic heterocycles. The molecule has 0 spiro atoms. The Balaban J connectivity index is 1.45. The Morgan fingerprint density at radius 3 is 2.97 bits per heavy atom. The highest BCUT2D eigenvalue weighted by atomic mass is 35.5. The maximum atomic E-state index is 10.7. The Labute approximate surface area is 186 Å². The maximum absolute atomic E-state index is 10.7. The van der Waals surface area contributed by atoms with Gasteiger partial charge in [0.15, 0.2) is 12.2 Å². The largest absolute Gasteiger partial charge is 0.482 e. The lowest BCUT2D eigenvalue weighted by Crippen LogP contribution is -2.53. The average molecular weight is 444 g/mol. The van der Waals surface area contributed by atoms with Crippen LogP contribution < -0.4 is 9.64 Å². The van der Waals surface area contributed by atoms with Crippen LogP contribution in [0.4, 0.5) is 6.01 Å². The number of anilines is 1. The zero-order valence-corrected chi connectivity index (χ0v) is 18.2. The summed E-state index contributed by atoms with van der Waals surface area (Å²) < 4.78 is 11.3. The summed E-state index contributed by atoms with van der Waals surface area (Å²) in [5.41, 5.74) is 2.62. The van der Waals surface area contributed by atoms with Gasteiger partial charge in [0.2, 0.25) is 0 Å². The van der Waals surface area contributed by atoms with Crippen LogP contribution in [0, 0.1) is 0 Å². The lowest BCUT2D eigenvalue weighted by Gasteiger charge is -2.40. The quantitative estimate of drug-likeness (QED) is 0.551. The lowest BCUT2D eigenvalue weighted by atomic mass is 10.1. The minimum absolute atomic E-state index is 0.300. The smallest absolute Gasteiger partial charge is 0.341 e. The fourth-order valence-electron chi connectivity index (χ4n) is 4.04. The Morgan fingerprint density at radius 2 is 2.16 bits per heavy atom. The first-order valence-electron chi connectivity index (χ1n) is 10.5. The number of fused-ring (bicyclic) bond motifs is 1. The molecule has 1 N–H and O–H groups in total. The average Bonchev–Trinajstić information content (AvgIpc) is 3.16. The number of carboxylic acid groups (broad SMARTS) is 1. The highest BCUT2D eigenvalue weighted by Crippen LogP contribution is 2.29. The van der Waals surface area contributed by atoms with Gasteiger partial charge in [0, 0.05) is 43.3 Å². The third kappa shape index (κ3) is 5.29. The van der Waals surface area contributed by atoms with E-state index in [1.54, 1.807) is 12.1 Å². The van der Waals surface area contributed by atoms with Crippen molar-refractivity contribution in [3.05, 3.63) is 53.1 Å². The molecule has 0 bridgehead atoms. The second kappa shape index (κ2) is 9.58. The highest BCUT2D eigenvalue weighted by Gasteiger charge is 2.29. The molecule has 31 heavy (non-hydrogen) atoms. The van der Waals surface area contributed by atoms with Crippen LogP contribution in [0.5, 0.6) is 5.75 Å². The zero-order valence-electron chi connectivity index (χ0n) is 17.5. The number of piperazine rings is 1. The number of aliphatic carboxylic acids is 1. The number of nitrogens with zero attached hydrogens (tertiary/aromatic N) is 3. The molecule has 2 heterocycles. The van der Waals surface area contributed by atoms with Crippen molar-refractivity contribution in [3.8, 4) is 5.75 Å². The predicted octanol–water partition coefficient (Wildman–Crippen LogP) is 4.44. The molecular weight excluding hydrogens is 418 g/mol. The summed E-state index contributed by atoms with van der Waals surface area (Å²) in [5.74, 6) is -0.404. The first-order valence-corrected chi connectivity index (χ1v) is 10.9. The van der Waals surface area contributed by atoms with E-state index in [4.69, 9.17) is 25.9 Å². The van der Waals surface area contributed by atoms with Gasteiger partial charge in [-0.3, -0.25) is 4.90 Å². The van der Waals surface area contributed by atoms with Crippen LogP contribution >= 0.6 is 11.6 Å². The summed E-state index contributed by atoms with van der Waals surface area (Å²) in [6.45, 7) is 5.22. The van der Waals surface area contributed by atoms with E-state index in [1.807, 2.05) is 30.3 Å². The van der Waals surface area contributed by atoms with Gasteiger partial charge in [0.1, 0.15) is 11.3 Å². The summed E-state index contributed by atoms with van der Waals surface area (Å²) >= 11 is 6.09. The standard InChI is InChI=1S/C23H26ClN3O4/c1-2-4-18-14-26(13-16-5-3-6-19(11-16)30-15-22(28)29)9-10-27(18)23-25-20-8-7-17(24)12-21(20)31-23/h3,5-8,11-12,18H,2,4,9-10,13-15H2,1H3,(H,28,29)/t18-/m1/s1. The van der Waals surface area contributed by atoms with Crippen molar-refractivity contribution in [2.24, 2.45) is 0 Å². The van der Waals surface area contributed by atoms with Crippen LogP contribution in [0.25, 0.3) is 11.1 Å². The van der Waals surface area contributed by atoms with Gasteiger partial charge in [0.25, 0.3) is 6.01 Å². The molecule has 3 aromatic rings. The fraction of sp³-hybridized carbons (Fsp3) is 0.391. The Morgan fingerprint density at radius 1 is 1.29 bits per heavy atom. The summed E-state index contributed by atoms with van der Waals surface area (Å²) in [6.07, 6.45) is 2.11. The van der Waals surface area contributed by atoms with Gasteiger partial charge in [-0.25, -0.2) is 4.79 Å². The highest BCUT2D eigenvalue weighted by molar-refractivity contribution is 6.31. The molecule has 164 valence electrons. The number of ether oxygens (including phenoxy) is 1. The van der Waals surface area contributed by atoms with Crippen LogP contribution in [-0.4, -0.2) is 53.2 Å². The van der Waals surface area contributed by atoms with E-state index in [9.17, 15) is 4.79 Å². The number of rotatable bonds is 8. The first-order chi connectivity index (χ1) is 15.0. The van der Waals surface area contributed by atoms with Gasteiger partial charge in [0.05, 0.1) is 0 Å². The van der Waals surface area contributed by atoms with Gasteiger partial charge in [-0.15, -0.1) is 0 Å². The molecular formula is C23H26ClN3O4. The van der Waals surface area contributed by atoms with Crippen molar-refractivity contribution < 1.29 is 19.1 Å². The summed E-state index contributed by atoms with van der Waals surface area (Å²) in [4.78, 5) is 20.1. The summed E-state index contributed by atoms with van der Waals surface area (Å²) in [5, 5.41) is 9.44. The molecule has 1 aliphatic rings. The van der Waals surface area contributed by atoms with E-state index >= 15 is 0 Å². The number of oxazole rings is 1. The summed E-state index contributed by atoms with van der Waals surface area (Å²) in [7, 11) is 0. The fourth-order valence-corrected chi connectivity index (χ4v) is 4.20. The third-order valence-corrected chi connectivity index (χ3v) is 5.68. The van der Waals surface area contributed by atoms with E-state index in [0.717, 1.165) is 50.1 Å². The molecule has 7 nitrogen and oxygen atoms in total. The van der Waals surface area contributed by atoms with Crippen LogP contribution in [-0.2, 0) is 11.3 Å². The molecule has 0 radical (unpaired) electrons. The van der Waals surface area contributed by atoms with Crippen LogP contribution in [0.1, 0.15) is 25.3 Å². The monoisotopic (exact) mass is 443 g/mol. The molecule has 1 aromatic heterocycles. The van der Waals surface area contributed by atoms with Crippen molar-refractivity contribution in [1.29, 1.82) is 0 Å². The number of carboxylic acids is 1. The third-order valence-electron chi connectivity index (χ3n) is 5.44. The second-order valence-electron chi connectivity index (χ2n) is 7.81. The number of aromatic nitrogens is 1. The molecule has 0 unspecified atom stereocenters. The molecule has 0 aliphatic carbocycles. The molecule has 2 aromatic carbocycles. The molecule has 1 fully saturated rings. The van der Waals surface area contributed by atoms with Gasteiger partial charge in [-0.1, -0.05) is 37.1 Å². The minimum atomic E-state index is -0.981. The van der Waals surface area contributed by atoms with E-state index < -0.39 is 5.97 Å². The van der Waals surface area contributed by atoms with Gasteiger partial charge >= 0.3 is 5.97 Å². The number of hydrogen-bond donors (Lipinski definition) is 1. The number of benzene rings is 2. The number of carbonyl (C=O) groups is 1. The molecule has 0 saturated carbocycles. The second-order valence-corrected chi connectivity index (χ2v) is 8.25. The molecule has 1 atom stereocenters. The SMILES string of the molecule is CCC[C@@H]1CN(Cc2cccc(OCC(=O)O)c2)CCN1c1nc2ccc(Cl)cc2o1. The Bertz CT molecular complexity index is 1050. The van der Waals surface area contributed by atoms with Crippen LogP contribution in [0.2, 0.25) is 5.02 Å². The zero-order chi connectivity index (χ0) is 21.8. The van der Waals surface area contributed by atoms with E-state index in [1.165, 1.54) is 0 Å². The lowest BCUT2D eigenvalue weighted by molar-refractivity contribution is -0.139. The van der Waals surface area contributed by atoms with Crippen molar-refractivity contribution in [2.45, 2.75) is 32.4 Å².